The minimum Gasteiger partial charge on any atom is -0.493 e. The second-order valence-electron chi connectivity index (χ2n) is 3.82. The number of fused-ring (bicyclic) bond motifs is 1. The Morgan fingerprint density at radius 1 is 1.41 bits per heavy atom. The van der Waals surface area contributed by atoms with Crippen molar-refractivity contribution in [3.8, 4) is 16.9 Å². The Labute approximate surface area is 95.4 Å². The van der Waals surface area contributed by atoms with Crippen LogP contribution in [0.1, 0.15) is 5.56 Å². The number of nitrogen functional groups attached to an aromatic ring is 1. The van der Waals surface area contributed by atoms with Gasteiger partial charge in [-0.1, -0.05) is 0 Å². The largest absolute Gasteiger partial charge is 0.493 e. The minimum absolute atomic E-state index is 0.140. The van der Waals surface area contributed by atoms with Crippen molar-refractivity contribution in [1.29, 1.82) is 0 Å². The van der Waals surface area contributed by atoms with Crippen LogP contribution in [-0.4, -0.2) is 16.8 Å². The first-order valence-electron chi connectivity index (χ1n) is 5.11. The number of rotatable bonds is 1. The molecule has 17 heavy (non-hydrogen) atoms. The summed E-state index contributed by atoms with van der Waals surface area (Å²) in [7, 11) is 0. The third-order valence-corrected chi connectivity index (χ3v) is 2.83. The van der Waals surface area contributed by atoms with Crippen molar-refractivity contribution in [2.24, 2.45) is 0 Å². The number of nitrogens with one attached hydrogen (secondary N) is 1. The molecule has 6 heteroatoms. The normalized spacial score (nSPS) is 13.5. The van der Waals surface area contributed by atoms with Gasteiger partial charge < -0.3 is 10.5 Å². The van der Waals surface area contributed by atoms with Crippen molar-refractivity contribution >= 4 is 5.82 Å². The second kappa shape index (κ2) is 3.44. The summed E-state index contributed by atoms with van der Waals surface area (Å²) in [6.07, 6.45) is 1.74. The summed E-state index contributed by atoms with van der Waals surface area (Å²) >= 11 is 0. The predicted molar refractivity (Wildman–Crippen MR) is 57.6 cm³/mol. The van der Waals surface area contributed by atoms with Crippen molar-refractivity contribution < 1.29 is 13.5 Å². The molecule has 2 aromatic rings. The Bertz CT molecular complexity index is 595. The Kier molecular flexibility index (Phi) is 2.04. The number of nitrogens with two attached hydrogens (primary N) is 1. The van der Waals surface area contributed by atoms with Crippen LogP contribution >= 0.6 is 0 Å². The lowest BCUT2D eigenvalue weighted by molar-refractivity contribution is 0.355. The number of hydrogen-bond acceptors (Lipinski definition) is 3. The fraction of sp³-hybridized carbons (Fsp3) is 0.182. The van der Waals surface area contributed by atoms with Crippen LogP contribution in [0.2, 0.25) is 0 Å². The van der Waals surface area contributed by atoms with Gasteiger partial charge in [0.05, 0.1) is 18.4 Å². The maximum absolute atomic E-state index is 14.2. The monoisotopic (exact) mass is 237 g/mol. The molecule has 1 aliphatic rings. The van der Waals surface area contributed by atoms with E-state index in [-0.39, 0.29) is 22.7 Å². The van der Waals surface area contributed by atoms with Crippen LogP contribution < -0.4 is 10.5 Å². The van der Waals surface area contributed by atoms with Crippen LogP contribution in [-0.2, 0) is 6.42 Å². The van der Waals surface area contributed by atoms with E-state index in [9.17, 15) is 8.78 Å². The van der Waals surface area contributed by atoms with Crippen molar-refractivity contribution in [2.45, 2.75) is 6.42 Å². The van der Waals surface area contributed by atoms with Crippen LogP contribution in [0.4, 0.5) is 14.6 Å². The summed E-state index contributed by atoms with van der Waals surface area (Å²) in [5.41, 5.74) is 6.04. The van der Waals surface area contributed by atoms with Crippen molar-refractivity contribution in [3.05, 3.63) is 29.5 Å². The first kappa shape index (κ1) is 10.1. The summed E-state index contributed by atoms with van der Waals surface area (Å²) in [6, 6.07) is 1.19. The molecule has 0 saturated carbocycles. The quantitative estimate of drug-likeness (QED) is 0.795. The van der Waals surface area contributed by atoms with E-state index in [4.69, 9.17) is 10.5 Å². The maximum Gasteiger partial charge on any atom is 0.141 e. The molecular weight excluding hydrogens is 228 g/mol. The highest BCUT2D eigenvalue weighted by Crippen LogP contribution is 2.37. The van der Waals surface area contributed by atoms with Crippen LogP contribution in [0.5, 0.6) is 5.75 Å². The number of benzene rings is 1. The van der Waals surface area contributed by atoms with Gasteiger partial charge in [-0.3, -0.25) is 5.10 Å². The summed E-state index contributed by atoms with van der Waals surface area (Å²) in [5.74, 6) is -0.908. The first-order valence-corrected chi connectivity index (χ1v) is 5.11. The molecule has 0 radical (unpaired) electrons. The Morgan fingerprint density at radius 3 is 2.94 bits per heavy atom. The van der Waals surface area contributed by atoms with Gasteiger partial charge in [-0.25, -0.2) is 8.78 Å². The highest BCUT2D eigenvalue weighted by atomic mass is 19.1. The van der Waals surface area contributed by atoms with Gasteiger partial charge in [-0.2, -0.15) is 5.10 Å². The molecule has 0 spiro atoms. The second-order valence-corrected chi connectivity index (χ2v) is 3.82. The smallest absolute Gasteiger partial charge is 0.141 e. The van der Waals surface area contributed by atoms with E-state index >= 15 is 0 Å². The molecule has 3 rings (SSSR count). The summed E-state index contributed by atoms with van der Waals surface area (Å²) in [6.45, 7) is 0.371. The molecule has 1 aliphatic heterocycles. The number of anilines is 1. The van der Waals surface area contributed by atoms with E-state index in [2.05, 4.69) is 10.2 Å². The Morgan fingerprint density at radius 2 is 2.24 bits per heavy atom. The van der Waals surface area contributed by atoms with E-state index < -0.39 is 11.6 Å². The minimum atomic E-state index is -0.698. The summed E-state index contributed by atoms with van der Waals surface area (Å²) in [5, 5.41) is 6.11. The zero-order valence-electron chi connectivity index (χ0n) is 8.76. The SMILES string of the molecule is Nc1[nH]ncc1-c1c(F)cc2c(c1F)CCO2. The van der Waals surface area contributed by atoms with Crippen LogP contribution in [0, 0.1) is 11.6 Å². The standard InChI is InChI=1S/C11H9F2N3O/c12-7-3-8-5(1-2-17-8)10(13)9(7)6-4-15-16-11(6)14/h3-4H,1-2H2,(H3,14,15,16). The molecule has 3 N–H and O–H groups in total. The van der Waals surface area contributed by atoms with E-state index in [1.54, 1.807) is 0 Å². The molecule has 0 unspecified atom stereocenters. The number of nitrogens with zero attached hydrogens (tertiary/aromatic N) is 1. The number of ether oxygens (including phenoxy) is 1. The Hall–Kier alpha value is -2.11. The van der Waals surface area contributed by atoms with Crippen molar-refractivity contribution in [2.75, 3.05) is 12.3 Å². The van der Waals surface area contributed by atoms with E-state index in [0.29, 0.717) is 18.6 Å². The average Bonchev–Trinajstić information content (AvgIpc) is 2.88. The zero-order chi connectivity index (χ0) is 12.0. The van der Waals surface area contributed by atoms with Gasteiger partial charge in [0.15, 0.2) is 0 Å². The van der Waals surface area contributed by atoms with Crippen molar-refractivity contribution in [3.63, 3.8) is 0 Å². The van der Waals surface area contributed by atoms with Crippen molar-refractivity contribution in [1.82, 2.24) is 10.2 Å². The van der Waals surface area contributed by atoms with Crippen LogP contribution in [0.3, 0.4) is 0 Å². The van der Waals surface area contributed by atoms with E-state index in [1.165, 1.54) is 12.3 Å². The fourth-order valence-electron chi connectivity index (χ4n) is 2.01. The molecule has 1 aromatic carbocycles. The average molecular weight is 237 g/mol. The molecule has 0 saturated heterocycles. The molecule has 1 aromatic heterocycles. The highest BCUT2D eigenvalue weighted by molar-refractivity contribution is 5.75. The van der Waals surface area contributed by atoms with Crippen LogP contribution in [0.15, 0.2) is 12.3 Å². The molecule has 0 atom stereocenters. The Balaban J connectivity index is 2.28. The van der Waals surface area contributed by atoms with E-state index in [1.807, 2.05) is 0 Å². The molecule has 88 valence electrons. The molecule has 0 bridgehead atoms. The summed E-state index contributed by atoms with van der Waals surface area (Å²) < 4.78 is 33.1. The maximum atomic E-state index is 14.2. The first-order chi connectivity index (χ1) is 8.18. The van der Waals surface area contributed by atoms with Crippen LogP contribution in [0.25, 0.3) is 11.1 Å². The summed E-state index contributed by atoms with van der Waals surface area (Å²) in [4.78, 5) is 0. The lowest BCUT2D eigenvalue weighted by atomic mass is 10.0. The molecule has 2 heterocycles. The van der Waals surface area contributed by atoms with Gasteiger partial charge in [0, 0.05) is 23.6 Å². The third kappa shape index (κ3) is 1.37. The van der Waals surface area contributed by atoms with E-state index in [0.717, 1.165) is 0 Å². The molecule has 0 amide bonds. The predicted octanol–water partition coefficient (Wildman–Crippen LogP) is 1.87. The van der Waals surface area contributed by atoms with Gasteiger partial charge >= 0.3 is 0 Å². The highest BCUT2D eigenvalue weighted by Gasteiger charge is 2.25. The lowest BCUT2D eigenvalue weighted by Gasteiger charge is -2.07. The lowest BCUT2D eigenvalue weighted by Crippen LogP contribution is -1.97. The molecular formula is C11H9F2N3O. The number of aromatic nitrogens is 2. The van der Waals surface area contributed by atoms with Gasteiger partial charge in [-0.05, 0) is 0 Å². The van der Waals surface area contributed by atoms with Gasteiger partial charge in [0.25, 0.3) is 0 Å². The zero-order valence-corrected chi connectivity index (χ0v) is 8.76. The fourth-order valence-corrected chi connectivity index (χ4v) is 2.01. The molecule has 0 fully saturated rings. The number of aromatic amines is 1. The van der Waals surface area contributed by atoms with Gasteiger partial charge in [-0.15, -0.1) is 0 Å². The van der Waals surface area contributed by atoms with Gasteiger partial charge in [0.2, 0.25) is 0 Å². The third-order valence-electron chi connectivity index (χ3n) is 2.83. The molecule has 0 aliphatic carbocycles. The number of hydrogen-bond donors (Lipinski definition) is 2. The molecule has 4 nitrogen and oxygen atoms in total. The van der Waals surface area contributed by atoms with Gasteiger partial charge in [0.1, 0.15) is 23.2 Å². The number of halogens is 2. The number of H-pyrrole nitrogens is 1. The topological polar surface area (TPSA) is 63.9 Å².